The summed E-state index contributed by atoms with van der Waals surface area (Å²) in [5.74, 6) is -0.913. The van der Waals surface area contributed by atoms with Gasteiger partial charge < -0.3 is 7.59 Å². The van der Waals surface area contributed by atoms with Gasteiger partial charge >= 0.3 is 49.7 Å². The van der Waals surface area contributed by atoms with E-state index in [1.165, 1.54) is 0 Å². The Balaban J connectivity index is -0.000000107. The first kappa shape index (κ1) is 13.0. The zero-order chi connectivity index (χ0) is 7.28. The molecule has 0 fully saturated rings. The van der Waals surface area contributed by atoms with Crippen LogP contribution in [-0.4, -0.2) is 49.7 Å². The third kappa shape index (κ3) is 6.52. The van der Waals surface area contributed by atoms with Crippen LogP contribution >= 0.6 is 0 Å². The van der Waals surface area contributed by atoms with Crippen LogP contribution in [0.4, 0.5) is 0 Å². The summed E-state index contributed by atoms with van der Waals surface area (Å²) in [5, 5.41) is 0. The average molecular weight is 172 g/mol. The molecule has 0 aliphatic rings. The molecule has 3 nitrogen and oxygen atoms in total. The van der Waals surface area contributed by atoms with Gasteiger partial charge in [-0.3, -0.25) is 9.59 Å². The van der Waals surface area contributed by atoms with Crippen molar-refractivity contribution in [1.29, 1.82) is 0 Å². The van der Waals surface area contributed by atoms with Crippen molar-refractivity contribution in [3.63, 3.8) is 0 Å². The first-order chi connectivity index (χ1) is 4.20. The molecule has 0 radical (unpaired) electrons. The quantitative estimate of drug-likeness (QED) is 0.350. The summed E-state index contributed by atoms with van der Waals surface area (Å²) in [4.78, 5) is 20.7. The summed E-state index contributed by atoms with van der Waals surface area (Å²) >= 11 is 0. The SMILES string of the molecule is CCC(=O)OC(=O)CC.[Ca+2].[H-].[H-]. The van der Waals surface area contributed by atoms with Gasteiger partial charge in [-0.15, -0.1) is 0 Å². The number of hydrogen-bond donors (Lipinski definition) is 0. The number of hydrogen-bond acceptors (Lipinski definition) is 3. The third-order valence-electron chi connectivity index (χ3n) is 0.805. The molecule has 0 bridgehead atoms. The summed E-state index contributed by atoms with van der Waals surface area (Å²) < 4.78 is 4.27. The second-order valence-electron chi connectivity index (χ2n) is 1.55. The smallest absolute Gasteiger partial charge is 1.00 e. The van der Waals surface area contributed by atoms with E-state index in [0.29, 0.717) is 0 Å². The van der Waals surface area contributed by atoms with Crippen molar-refractivity contribution in [2.75, 3.05) is 0 Å². The van der Waals surface area contributed by atoms with E-state index in [1.807, 2.05) is 0 Å². The summed E-state index contributed by atoms with van der Waals surface area (Å²) in [6.45, 7) is 3.29. The Labute approximate surface area is 93.1 Å². The van der Waals surface area contributed by atoms with Crippen LogP contribution in [-0.2, 0) is 14.3 Å². The van der Waals surface area contributed by atoms with Crippen LogP contribution in [0.15, 0.2) is 0 Å². The Morgan fingerprint density at radius 1 is 1.20 bits per heavy atom. The average Bonchev–Trinajstić information content (AvgIpc) is 1.87. The molecule has 0 aromatic carbocycles. The Hall–Kier alpha value is 0.400. The molecule has 0 rings (SSSR count). The monoisotopic (exact) mass is 172 g/mol. The van der Waals surface area contributed by atoms with Crippen molar-refractivity contribution in [3.8, 4) is 0 Å². The Morgan fingerprint density at radius 2 is 1.50 bits per heavy atom. The molecule has 0 aliphatic carbocycles. The van der Waals surface area contributed by atoms with E-state index in [2.05, 4.69) is 4.74 Å². The summed E-state index contributed by atoms with van der Waals surface area (Å²) in [6, 6.07) is 0. The number of rotatable bonds is 2. The van der Waals surface area contributed by atoms with E-state index in [9.17, 15) is 9.59 Å². The maximum Gasteiger partial charge on any atom is 2.00 e. The maximum absolute atomic E-state index is 10.3. The fourth-order valence-electron chi connectivity index (χ4n) is 0.271. The Bertz CT molecular complexity index is 116. The van der Waals surface area contributed by atoms with Crippen molar-refractivity contribution in [2.45, 2.75) is 26.7 Å². The van der Waals surface area contributed by atoms with Gasteiger partial charge in [0.05, 0.1) is 0 Å². The van der Waals surface area contributed by atoms with E-state index < -0.39 is 11.9 Å². The number of esters is 2. The molecular weight excluding hydrogens is 160 g/mol. The molecule has 56 valence electrons. The molecule has 10 heavy (non-hydrogen) atoms. The van der Waals surface area contributed by atoms with Crippen LogP contribution in [0.2, 0.25) is 0 Å². The molecule has 0 amide bonds. The van der Waals surface area contributed by atoms with Gasteiger partial charge in [-0.05, 0) is 0 Å². The summed E-state index contributed by atoms with van der Waals surface area (Å²) in [7, 11) is 0. The maximum atomic E-state index is 10.3. The van der Waals surface area contributed by atoms with Crippen molar-refractivity contribution in [3.05, 3.63) is 0 Å². The molecule has 0 atom stereocenters. The number of ether oxygens (including phenoxy) is 1. The van der Waals surface area contributed by atoms with E-state index in [4.69, 9.17) is 0 Å². The minimum Gasteiger partial charge on any atom is -1.00 e. The zero-order valence-electron chi connectivity index (χ0n) is 8.35. The van der Waals surface area contributed by atoms with E-state index in [0.717, 1.165) is 0 Å². The first-order valence-electron chi connectivity index (χ1n) is 2.94. The molecule has 0 heterocycles. The standard InChI is InChI=1S/C6H10O3.Ca.2H/c1-3-5(7)9-6(8)4-2;;;/h3-4H2,1-2H3;;;/q;+2;2*-1. The number of carbonyl (C=O) groups is 2. The van der Waals surface area contributed by atoms with Crippen LogP contribution in [0.5, 0.6) is 0 Å². The molecule has 0 saturated carbocycles. The van der Waals surface area contributed by atoms with Crippen molar-refractivity contribution >= 4 is 49.7 Å². The molecule has 0 N–H and O–H groups in total. The summed E-state index contributed by atoms with van der Waals surface area (Å²) in [6.07, 6.45) is 0.511. The summed E-state index contributed by atoms with van der Waals surface area (Å²) in [5.41, 5.74) is 0. The molecule has 0 aliphatic heterocycles. The molecule has 0 unspecified atom stereocenters. The topological polar surface area (TPSA) is 43.4 Å². The minimum absolute atomic E-state index is 0. The van der Waals surface area contributed by atoms with Crippen molar-refractivity contribution in [2.24, 2.45) is 0 Å². The van der Waals surface area contributed by atoms with Gasteiger partial charge in [0.25, 0.3) is 0 Å². The largest absolute Gasteiger partial charge is 2.00 e. The zero-order valence-corrected chi connectivity index (χ0v) is 8.55. The predicted molar refractivity (Wildman–Crippen MR) is 39.7 cm³/mol. The van der Waals surface area contributed by atoms with Gasteiger partial charge in [-0.2, -0.15) is 0 Å². The van der Waals surface area contributed by atoms with Crippen molar-refractivity contribution < 1.29 is 17.2 Å². The Morgan fingerprint density at radius 3 is 1.70 bits per heavy atom. The van der Waals surface area contributed by atoms with Crippen LogP contribution in [0.1, 0.15) is 29.5 Å². The van der Waals surface area contributed by atoms with Crippen LogP contribution in [0, 0.1) is 0 Å². The Kier molecular flexibility index (Phi) is 9.78. The van der Waals surface area contributed by atoms with Gasteiger partial charge in [0.15, 0.2) is 0 Å². The molecule has 0 aromatic heterocycles. The molecule has 0 saturated heterocycles. The van der Waals surface area contributed by atoms with Gasteiger partial charge in [-0.25, -0.2) is 0 Å². The second-order valence-corrected chi connectivity index (χ2v) is 1.55. The van der Waals surface area contributed by atoms with E-state index in [-0.39, 0.29) is 53.4 Å². The van der Waals surface area contributed by atoms with Crippen LogP contribution in [0.25, 0.3) is 0 Å². The van der Waals surface area contributed by atoms with Gasteiger partial charge in [0.2, 0.25) is 0 Å². The van der Waals surface area contributed by atoms with E-state index in [1.54, 1.807) is 13.8 Å². The first-order valence-corrected chi connectivity index (χ1v) is 2.94. The van der Waals surface area contributed by atoms with Gasteiger partial charge in [0, 0.05) is 12.8 Å². The molecular formula is C6H12CaO3. The van der Waals surface area contributed by atoms with Gasteiger partial charge in [-0.1, -0.05) is 13.8 Å². The van der Waals surface area contributed by atoms with Crippen molar-refractivity contribution in [1.82, 2.24) is 0 Å². The van der Waals surface area contributed by atoms with Gasteiger partial charge in [0.1, 0.15) is 0 Å². The fraction of sp³-hybridized carbons (Fsp3) is 0.667. The predicted octanol–water partition coefficient (Wildman–Crippen LogP) is 0.720. The molecule has 0 aromatic rings. The molecule has 0 spiro atoms. The second kappa shape index (κ2) is 7.51. The normalized spacial score (nSPS) is 7.80. The molecule has 4 heteroatoms. The van der Waals surface area contributed by atoms with Crippen LogP contribution in [0.3, 0.4) is 0 Å². The third-order valence-corrected chi connectivity index (χ3v) is 0.805. The van der Waals surface area contributed by atoms with E-state index >= 15 is 0 Å². The fourth-order valence-corrected chi connectivity index (χ4v) is 0.271. The number of carbonyl (C=O) groups excluding carboxylic acids is 2. The minimum atomic E-state index is -0.457. The van der Waals surface area contributed by atoms with Crippen LogP contribution < -0.4 is 0 Å².